The van der Waals surface area contributed by atoms with Crippen LogP contribution >= 0.6 is 46.4 Å². The van der Waals surface area contributed by atoms with Gasteiger partial charge in [0.1, 0.15) is 11.5 Å². The maximum atomic E-state index is 12.7. The van der Waals surface area contributed by atoms with Crippen molar-refractivity contribution in [2.45, 2.75) is 96.8 Å². The van der Waals surface area contributed by atoms with Gasteiger partial charge in [0.25, 0.3) is 5.56 Å². The third kappa shape index (κ3) is 12.2. The lowest BCUT2D eigenvalue weighted by atomic mass is 10.0. The average Bonchev–Trinajstić information content (AvgIpc) is 3.29. The van der Waals surface area contributed by atoms with Crippen molar-refractivity contribution in [3.63, 3.8) is 0 Å². The van der Waals surface area contributed by atoms with Crippen molar-refractivity contribution in [3.8, 4) is 5.69 Å². The third-order valence-corrected chi connectivity index (χ3v) is 9.70. The second-order valence-electron chi connectivity index (χ2n) is 10.9. The van der Waals surface area contributed by atoms with Crippen LogP contribution in [-0.4, -0.2) is 24.0 Å². The molecule has 238 valence electrons. The molecule has 0 saturated carbocycles. The Kier molecular flexibility index (Phi) is 15.1. The second kappa shape index (κ2) is 18.2. The van der Waals surface area contributed by atoms with E-state index in [0.29, 0.717) is 33.7 Å². The summed E-state index contributed by atoms with van der Waals surface area (Å²) < 4.78 is 29.2. The Morgan fingerprint density at radius 1 is 0.721 bits per heavy atom. The summed E-state index contributed by atoms with van der Waals surface area (Å²) in [6.07, 6.45) is 16.9. The fourth-order valence-corrected chi connectivity index (χ4v) is 7.24. The molecule has 2 aromatic carbocycles. The van der Waals surface area contributed by atoms with E-state index >= 15 is 0 Å². The topological polar surface area (TPSA) is 96.0 Å². The number of unbranched alkanes of at least 4 members (excludes halogenated alkanes) is 13. The van der Waals surface area contributed by atoms with Crippen LogP contribution in [0.15, 0.2) is 41.2 Å². The predicted octanol–water partition coefficient (Wildman–Crippen LogP) is 10.7. The first kappa shape index (κ1) is 35.6. The number of aromatic nitrogens is 2. The molecule has 0 bridgehead atoms. The first-order valence-corrected chi connectivity index (χ1v) is 18.3. The van der Waals surface area contributed by atoms with Gasteiger partial charge in [-0.1, -0.05) is 137 Å². The lowest BCUT2D eigenvalue weighted by Gasteiger charge is -2.12. The molecule has 0 saturated heterocycles. The maximum absolute atomic E-state index is 12.7. The summed E-state index contributed by atoms with van der Waals surface area (Å²) in [5.74, 6) is 0.353. The lowest BCUT2D eigenvalue weighted by molar-refractivity contribution is 0.537. The van der Waals surface area contributed by atoms with E-state index in [0.717, 1.165) is 19.3 Å². The highest BCUT2D eigenvalue weighted by Crippen LogP contribution is 2.32. The number of benzene rings is 2. The monoisotopic (exact) mass is 690 g/mol. The van der Waals surface area contributed by atoms with E-state index in [4.69, 9.17) is 46.4 Å². The number of nitrogens with one attached hydrogen (secondary N) is 3. The molecule has 3 N–H and O–H groups in total. The molecular weight excluding hydrogens is 650 g/mol. The fourth-order valence-electron chi connectivity index (χ4n) is 4.92. The van der Waals surface area contributed by atoms with Crippen LogP contribution in [0, 0.1) is 0 Å². The van der Waals surface area contributed by atoms with E-state index in [1.54, 1.807) is 18.2 Å². The van der Waals surface area contributed by atoms with Crippen molar-refractivity contribution in [1.82, 2.24) is 9.78 Å². The highest BCUT2D eigenvalue weighted by molar-refractivity contribution is 7.92. The van der Waals surface area contributed by atoms with Crippen LogP contribution in [0.4, 0.5) is 17.2 Å². The van der Waals surface area contributed by atoms with E-state index in [2.05, 4.69) is 22.1 Å². The molecule has 3 rings (SSSR count). The predicted molar refractivity (Wildman–Crippen MR) is 184 cm³/mol. The van der Waals surface area contributed by atoms with Crippen LogP contribution in [0.3, 0.4) is 0 Å². The molecule has 0 amide bonds. The first-order chi connectivity index (χ1) is 20.6. The summed E-state index contributed by atoms with van der Waals surface area (Å²) in [5.41, 5.74) is 0.597. The van der Waals surface area contributed by atoms with Gasteiger partial charge in [-0.25, -0.2) is 13.1 Å². The summed E-state index contributed by atoms with van der Waals surface area (Å²) in [4.78, 5) is 12.7. The van der Waals surface area contributed by atoms with Crippen molar-refractivity contribution < 1.29 is 8.42 Å². The number of sulfonamides is 1. The highest BCUT2D eigenvalue weighted by atomic mass is 35.5. The van der Waals surface area contributed by atoms with Crippen LogP contribution in [0.2, 0.25) is 20.1 Å². The van der Waals surface area contributed by atoms with E-state index in [9.17, 15) is 13.2 Å². The average molecular weight is 693 g/mol. The number of aromatic amines is 1. The molecule has 7 nitrogen and oxygen atoms in total. The normalized spacial score (nSPS) is 11.7. The largest absolute Gasteiger partial charge is 0.339 e. The van der Waals surface area contributed by atoms with Crippen molar-refractivity contribution in [1.29, 1.82) is 0 Å². The minimum Gasteiger partial charge on any atom is -0.339 e. The van der Waals surface area contributed by atoms with Gasteiger partial charge in [0, 0.05) is 11.1 Å². The maximum Gasteiger partial charge on any atom is 0.273 e. The summed E-state index contributed by atoms with van der Waals surface area (Å²) in [7, 11) is -3.53. The Morgan fingerprint density at radius 3 is 1.81 bits per heavy atom. The molecule has 3 aromatic rings. The molecule has 0 aliphatic rings. The number of anilines is 3. The minimum absolute atomic E-state index is 0.0508. The number of hydrogen-bond donors (Lipinski definition) is 3. The van der Waals surface area contributed by atoms with Crippen LogP contribution in [0.25, 0.3) is 5.69 Å². The number of nitrogens with zero attached hydrogens (tertiary/aromatic N) is 1. The zero-order valence-electron chi connectivity index (χ0n) is 24.7. The van der Waals surface area contributed by atoms with Crippen molar-refractivity contribution in [2.75, 3.05) is 15.8 Å². The Hall–Kier alpha value is -1.84. The molecule has 0 radical (unpaired) electrons. The van der Waals surface area contributed by atoms with Gasteiger partial charge < -0.3 is 5.32 Å². The number of hydrogen-bond acceptors (Lipinski definition) is 4. The quantitative estimate of drug-likeness (QED) is 0.103. The van der Waals surface area contributed by atoms with E-state index in [1.807, 2.05) is 0 Å². The number of H-pyrrole nitrogens is 1. The summed E-state index contributed by atoms with van der Waals surface area (Å²) in [6, 6.07) is 9.02. The molecule has 0 unspecified atom stereocenters. The lowest BCUT2D eigenvalue weighted by Crippen LogP contribution is -2.16. The molecule has 0 atom stereocenters. The second-order valence-corrected chi connectivity index (χ2v) is 14.4. The summed E-state index contributed by atoms with van der Waals surface area (Å²) >= 11 is 24.9. The fraction of sp³-hybridized carbons (Fsp3) is 0.516. The van der Waals surface area contributed by atoms with Crippen LogP contribution in [0.5, 0.6) is 0 Å². The zero-order valence-corrected chi connectivity index (χ0v) is 28.5. The molecular formula is C31H42Cl4N4O3S. The Labute approximate surface area is 275 Å². The van der Waals surface area contributed by atoms with Crippen LogP contribution < -0.4 is 15.6 Å². The van der Waals surface area contributed by atoms with Gasteiger partial charge >= 0.3 is 0 Å². The number of rotatable bonds is 20. The van der Waals surface area contributed by atoms with Crippen molar-refractivity contribution >= 4 is 73.6 Å². The molecule has 0 fully saturated rings. The molecule has 12 heteroatoms. The van der Waals surface area contributed by atoms with Crippen LogP contribution in [-0.2, 0) is 10.0 Å². The Morgan fingerprint density at radius 2 is 1.26 bits per heavy atom. The first-order valence-electron chi connectivity index (χ1n) is 15.1. The van der Waals surface area contributed by atoms with Gasteiger partial charge in [0.2, 0.25) is 10.0 Å². The summed E-state index contributed by atoms with van der Waals surface area (Å²) in [6.45, 7) is 2.25. The molecule has 0 aliphatic carbocycles. The van der Waals surface area contributed by atoms with E-state index < -0.39 is 15.6 Å². The third-order valence-electron chi connectivity index (χ3n) is 7.20. The van der Waals surface area contributed by atoms with Gasteiger partial charge in [0.15, 0.2) is 0 Å². The highest BCUT2D eigenvalue weighted by Gasteiger charge is 2.16. The van der Waals surface area contributed by atoms with Crippen LogP contribution in [0.1, 0.15) is 96.8 Å². The molecule has 0 spiro atoms. The Balaban J connectivity index is 1.43. The van der Waals surface area contributed by atoms with Crippen molar-refractivity contribution in [2.24, 2.45) is 0 Å². The zero-order chi connectivity index (χ0) is 31.2. The number of halogens is 4. The van der Waals surface area contributed by atoms with Crippen molar-refractivity contribution in [3.05, 3.63) is 66.8 Å². The van der Waals surface area contributed by atoms with Gasteiger partial charge in [-0.3, -0.25) is 14.6 Å². The smallest absolute Gasteiger partial charge is 0.273 e. The minimum atomic E-state index is -3.53. The van der Waals surface area contributed by atoms with Gasteiger partial charge in [-0.05, 0) is 36.8 Å². The SMILES string of the molecule is CCCCCCCCCCCCCCCCS(=O)(=O)Nc1ccc(Cl)c(Nc2cc(=O)n(-c3c(Cl)cc(Cl)cc3Cl)[nH]2)c1. The standard InChI is InChI=1S/C31H42Cl4N4O3S/c1-2-3-4-5-6-7-8-9-10-11-12-13-14-15-18-43(41,42)38-24-16-17-25(33)28(21-24)36-29-22-30(40)39(37-29)31-26(34)19-23(32)20-27(31)35/h16-17,19-22,36-38H,2-15,18H2,1H3. The molecule has 1 aromatic heterocycles. The Bertz CT molecular complexity index is 1450. The molecule has 0 aliphatic heterocycles. The van der Waals surface area contributed by atoms with Gasteiger partial charge in [0.05, 0.1) is 32.2 Å². The molecule has 43 heavy (non-hydrogen) atoms. The summed E-state index contributed by atoms with van der Waals surface area (Å²) in [5, 5.41) is 6.99. The van der Waals surface area contributed by atoms with Gasteiger partial charge in [-0.15, -0.1) is 0 Å². The van der Waals surface area contributed by atoms with Gasteiger partial charge in [-0.2, -0.15) is 0 Å². The van der Waals surface area contributed by atoms with E-state index in [1.165, 1.54) is 87.1 Å². The van der Waals surface area contributed by atoms with E-state index in [-0.39, 0.29) is 21.5 Å². The molecule has 1 heterocycles.